The monoisotopic (exact) mass is 501 g/mol. The Labute approximate surface area is 215 Å². The van der Waals surface area contributed by atoms with Gasteiger partial charge < -0.3 is 0 Å². The van der Waals surface area contributed by atoms with Crippen LogP contribution in [0.25, 0.3) is 0 Å². The topological polar surface area (TPSA) is 61.5 Å². The Balaban J connectivity index is 1.53. The summed E-state index contributed by atoms with van der Waals surface area (Å²) in [6.45, 7) is 6.10. The second-order valence-electron chi connectivity index (χ2n) is 10.3. The Morgan fingerprint density at radius 3 is 1.89 bits per heavy atom. The molecule has 1 unspecified atom stereocenters. The van der Waals surface area contributed by atoms with E-state index in [0.717, 1.165) is 22.4 Å². The summed E-state index contributed by atoms with van der Waals surface area (Å²) in [5, 5.41) is 4.63. The average Bonchev–Trinajstić information content (AvgIpc) is 3.61. The number of rotatable bonds is 7. The summed E-state index contributed by atoms with van der Waals surface area (Å²) in [5.74, 6) is 0. The minimum absolute atomic E-state index is 0.0271. The van der Waals surface area contributed by atoms with E-state index in [2.05, 4.69) is 77.2 Å². The Bertz CT molecular complexity index is 1320. The molecule has 0 aromatic heterocycles. The molecule has 1 saturated heterocycles. The van der Waals surface area contributed by atoms with E-state index < -0.39 is 10.0 Å². The van der Waals surface area contributed by atoms with Gasteiger partial charge in [-0.15, -0.1) is 0 Å². The van der Waals surface area contributed by atoms with E-state index in [0.29, 0.717) is 6.04 Å². The first-order chi connectivity index (χ1) is 17.3. The van der Waals surface area contributed by atoms with Crippen LogP contribution in [0.5, 0.6) is 0 Å². The van der Waals surface area contributed by atoms with Crippen LogP contribution in [0.1, 0.15) is 66.0 Å². The largest absolute Gasteiger partial charge is 0.281 e. The second kappa shape index (κ2) is 10.2. The van der Waals surface area contributed by atoms with Crippen molar-refractivity contribution in [1.29, 1.82) is 0 Å². The number of hydrogen-bond donors (Lipinski definition) is 1. The number of sulfonamides is 1. The molecule has 1 aliphatic heterocycles. The highest BCUT2D eigenvalue weighted by Crippen LogP contribution is 2.49. The van der Waals surface area contributed by atoms with Gasteiger partial charge in [0.1, 0.15) is 0 Å². The number of aryl methyl sites for hydroxylation is 3. The van der Waals surface area contributed by atoms with Gasteiger partial charge in [0.25, 0.3) is 10.0 Å². The van der Waals surface area contributed by atoms with Crippen LogP contribution in [0.3, 0.4) is 0 Å². The minimum atomic E-state index is -3.78. The minimum Gasteiger partial charge on any atom is -0.281 e. The molecule has 1 N–H and O–H groups in total. The first kappa shape index (κ1) is 24.7. The van der Waals surface area contributed by atoms with Crippen molar-refractivity contribution in [3.63, 3.8) is 0 Å². The third-order valence-electron chi connectivity index (χ3n) is 7.51. The zero-order chi connectivity index (χ0) is 25.3. The lowest BCUT2D eigenvalue weighted by Crippen LogP contribution is -2.28. The van der Waals surface area contributed by atoms with Crippen LogP contribution < -0.4 is 4.83 Å². The Morgan fingerprint density at radius 2 is 1.31 bits per heavy atom. The van der Waals surface area contributed by atoms with Crippen molar-refractivity contribution < 1.29 is 8.42 Å². The van der Waals surface area contributed by atoms with Crippen LogP contribution in [-0.2, 0) is 10.0 Å². The molecule has 0 amide bonds. The maximum absolute atomic E-state index is 13.1. The van der Waals surface area contributed by atoms with E-state index >= 15 is 0 Å². The van der Waals surface area contributed by atoms with Gasteiger partial charge in [-0.2, -0.15) is 18.4 Å². The lowest BCUT2D eigenvalue weighted by molar-refractivity contribution is 0.277. The molecule has 5 rings (SSSR count). The van der Waals surface area contributed by atoms with Crippen molar-refractivity contribution in [2.45, 2.75) is 75.9 Å². The predicted octanol–water partition coefficient (Wildman–Crippen LogP) is 6.05. The molecule has 6 heteroatoms. The lowest BCUT2D eigenvalue weighted by atomic mass is 9.95. The van der Waals surface area contributed by atoms with Gasteiger partial charge in [-0.05, 0) is 56.9 Å². The van der Waals surface area contributed by atoms with Crippen molar-refractivity contribution >= 4 is 15.7 Å². The standard InChI is InChI=1S/C30H35N3O2S/c1-21-9-15-24(16-10-21)28(31-32-36(34,35)27-19-13-23(3)14-20-27)30-29(25-17-11-22(2)12-18-25)33(30)26-7-5-4-6-8-26/h9-20,26,29-30,32H,4-8H2,1-3H3/b31-28-/t29-,30+,33?/m0/s1. The van der Waals surface area contributed by atoms with Crippen LogP contribution in [0, 0.1) is 20.8 Å². The van der Waals surface area contributed by atoms with Crippen molar-refractivity contribution in [2.75, 3.05) is 0 Å². The van der Waals surface area contributed by atoms with Gasteiger partial charge >= 0.3 is 0 Å². The molecule has 3 aromatic carbocycles. The van der Waals surface area contributed by atoms with E-state index in [9.17, 15) is 8.42 Å². The average molecular weight is 502 g/mol. The number of nitrogens with one attached hydrogen (secondary N) is 1. The molecule has 1 saturated carbocycles. The van der Waals surface area contributed by atoms with E-state index in [1.54, 1.807) is 24.3 Å². The molecule has 0 bridgehead atoms. The summed E-state index contributed by atoms with van der Waals surface area (Å²) < 4.78 is 26.2. The summed E-state index contributed by atoms with van der Waals surface area (Å²) in [7, 11) is -3.78. The number of hydrogen-bond acceptors (Lipinski definition) is 4. The Hall–Kier alpha value is -2.96. The summed E-state index contributed by atoms with van der Waals surface area (Å²) in [4.78, 5) is 5.34. The van der Waals surface area contributed by atoms with E-state index in [1.807, 2.05) is 6.92 Å². The fourth-order valence-corrected chi connectivity index (χ4v) is 6.21. The number of benzene rings is 3. The molecule has 3 atom stereocenters. The first-order valence-electron chi connectivity index (χ1n) is 12.9. The van der Waals surface area contributed by atoms with Crippen molar-refractivity contribution in [2.24, 2.45) is 5.10 Å². The summed E-state index contributed by atoms with van der Waals surface area (Å²) in [6, 6.07) is 24.5. The molecular weight excluding hydrogens is 466 g/mol. The summed E-state index contributed by atoms with van der Waals surface area (Å²) in [5.41, 5.74) is 6.40. The Kier molecular flexibility index (Phi) is 7.00. The molecule has 1 heterocycles. The lowest BCUT2D eigenvalue weighted by Gasteiger charge is -2.24. The highest BCUT2D eigenvalue weighted by Gasteiger charge is 2.55. The number of nitrogens with zero attached hydrogens (tertiary/aromatic N) is 2. The van der Waals surface area contributed by atoms with Gasteiger partial charge in [0.2, 0.25) is 0 Å². The molecule has 2 fully saturated rings. The third-order valence-corrected chi connectivity index (χ3v) is 8.74. The van der Waals surface area contributed by atoms with Gasteiger partial charge in [-0.25, -0.2) is 0 Å². The van der Waals surface area contributed by atoms with Crippen LogP contribution >= 0.6 is 0 Å². The van der Waals surface area contributed by atoms with E-state index in [4.69, 9.17) is 0 Å². The maximum Gasteiger partial charge on any atom is 0.276 e. The van der Waals surface area contributed by atoms with Crippen molar-refractivity contribution in [3.8, 4) is 0 Å². The number of hydrazone groups is 1. The fourth-order valence-electron chi connectivity index (χ4n) is 5.40. The SMILES string of the molecule is Cc1ccc(/C(=N/NS(=O)(=O)c2ccc(C)cc2)[C@@H]2[C@H](c3ccc(C)cc3)N2C2CCCCC2)cc1. The molecule has 3 aromatic rings. The van der Waals surface area contributed by atoms with Gasteiger partial charge in [0, 0.05) is 6.04 Å². The Morgan fingerprint density at radius 1 is 0.778 bits per heavy atom. The summed E-state index contributed by atoms with van der Waals surface area (Å²) in [6.07, 6.45) is 6.13. The predicted molar refractivity (Wildman–Crippen MR) is 146 cm³/mol. The molecular formula is C30H35N3O2S. The fraction of sp³-hybridized carbons (Fsp3) is 0.367. The molecule has 2 aliphatic rings. The zero-order valence-corrected chi connectivity index (χ0v) is 22.1. The molecule has 0 spiro atoms. The van der Waals surface area contributed by atoms with Crippen molar-refractivity contribution in [3.05, 3.63) is 101 Å². The molecule has 5 nitrogen and oxygen atoms in total. The second-order valence-corrected chi connectivity index (χ2v) is 12.0. The quantitative estimate of drug-likeness (QED) is 0.243. The van der Waals surface area contributed by atoms with E-state index in [1.165, 1.54) is 43.2 Å². The van der Waals surface area contributed by atoms with Gasteiger partial charge in [0.15, 0.2) is 0 Å². The van der Waals surface area contributed by atoms with Crippen LogP contribution in [-0.4, -0.2) is 31.1 Å². The molecule has 1 aliphatic carbocycles. The molecule has 0 radical (unpaired) electrons. The van der Waals surface area contributed by atoms with Gasteiger partial charge in [-0.3, -0.25) is 4.90 Å². The van der Waals surface area contributed by atoms with Crippen LogP contribution in [0.15, 0.2) is 82.8 Å². The maximum atomic E-state index is 13.1. The first-order valence-corrected chi connectivity index (χ1v) is 14.4. The van der Waals surface area contributed by atoms with Crippen LogP contribution in [0.4, 0.5) is 0 Å². The zero-order valence-electron chi connectivity index (χ0n) is 21.3. The normalized spacial score (nSPS) is 22.9. The smallest absolute Gasteiger partial charge is 0.276 e. The highest BCUT2D eigenvalue weighted by atomic mass is 32.2. The van der Waals surface area contributed by atoms with Crippen molar-refractivity contribution in [1.82, 2.24) is 9.73 Å². The van der Waals surface area contributed by atoms with Crippen LogP contribution in [0.2, 0.25) is 0 Å². The summed E-state index contributed by atoms with van der Waals surface area (Å²) >= 11 is 0. The molecule has 188 valence electrons. The van der Waals surface area contributed by atoms with Gasteiger partial charge in [0.05, 0.1) is 22.7 Å². The molecule has 36 heavy (non-hydrogen) atoms. The van der Waals surface area contributed by atoms with E-state index in [-0.39, 0.29) is 17.0 Å². The van der Waals surface area contributed by atoms with Gasteiger partial charge in [-0.1, -0.05) is 96.6 Å². The third kappa shape index (κ3) is 5.25. The highest BCUT2D eigenvalue weighted by molar-refractivity contribution is 7.89.